The first-order valence-electron chi connectivity index (χ1n) is 30.0. The Morgan fingerprint density at radius 2 is 0.978 bits per heavy atom. The van der Waals surface area contributed by atoms with Crippen molar-refractivity contribution in [3.63, 3.8) is 0 Å². The lowest BCUT2D eigenvalue weighted by Gasteiger charge is -2.39. The SMILES string of the molecule is C.CC(=O)OC(C)=O.COC(=O)C[C@](O)(CCCC(C)(C)O)C(=O)O[C@@H]1C(OC)=C[C@]23CCCN2CCc2cc4c(cc2[C@H]13)OCO4.COC(=O)C[C@](O)(CCCC(C)(C)OC(C)=O)C(=O)O[C@@H]1C(OC)=C[C@]23CCCN2CCc2cc4c(cc2[C@H]13)OCO4.[3HH].[HH]. The number of carbonyl (C=O) groups is 7. The Kier molecular flexibility index (Phi) is 21.9. The van der Waals surface area contributed by atoms with Gasteiger partial charge in [0, 0.05) is 36.7 Å². The average Bonchev–Trinajstić information content (AvgIpc) is 1.57. The highest BCUT2D eigenvalue weighted by Crippen LogP contribution is 2.58. The molecule has 2 fully saturated rings. The van der Waals surface area contributed by atoms with Crippen LogP contribution in [-0.4, -0.2) is 181 Å². The van der Waals surface area contributed by atoms with Crippen molar-refractivity contribution in [2.75, 3.05) is 68.2 Å². The summed E-state index contributed by atoms with van der Waals surface area (Å²) in [6.07, 6.45) is 7.77. The zero-order valence-corrected chi connectivity index (χ0v) is 52.4. The van der Waals surface area contributed by atoms with Crippen LogP contribution < -0.4 is 18.9 Å². The first-order valence-corrected chi connectivity index (χ1v) is 30.0. The molecule has 0 radical (unpaired) electrons. The van der Waals surface area contributed by atoms with Crippen LogP contribution >= 0.6 is 0 Å². The molecule has 2 saturated heterocycles. The predicted octanol–water partition coefficient (Wildman–Crippen LogP) is 6.96. The van der Waals surface area contributed by atoms with Gasteiger partial charge in [0.1, 0.15) is 17.1 Å². The summed E-state index contributed by atoms with van der Waals surface area (Å²) in [6, 6.07) is 8.00. The average molecular weight is 1260 g/mol. The zero-order valence-electron chi connectivity index (χ0n) is 52.4. The van der Waals surface area contributed by atoms with Crippen LogP contribution in [0.3, 0.4) is 0 Å². The van der Waals surface area contributed by atoms with Crippen molar-refractivity contribution < 1.29 is 109 Å². The van der Waals surface area contributed by atoms with Crippen molar-refractivity contribution >= 4 is 41.8 Å². The van der Waals surface area contributed by atoms with Gasteiger partial charge in [0.2, 0.25) is 13.6 Å². The minimum Gasteiger partial charge on any atom is -0.497 e. The van der Waals surface area contributed by atoms with E-state index in [1.165, 1.54) is 35.0 Å². The quantitative estimate of drug-likeness (QED) is 0.0727. The fourth-order valence-electron chi connectivity index (χ4n) is 14.0. The molecule has 3 N–H and O–H groups in total. The number of methoxy groups -OCH3 is 4. The maximum atomic E-state index is 13.9. The molecular weight excluding hydrogens is 1160 g/mol. The molecule has 6 aliphatic heterocycles. The van der Waals surface area contributed by atoms with Crippen LogP contribution in [0, 0.1) is 0 Å². The van der Waals surface area contributed by atoms with Crippen LogP contribution in [0.4, 0.5) is 0 Å². The Bertz CT molecular complexity index is 3040. The standard InChI is InChI=1S/C31H41NO10.C29H39NO9.C4H6O3.CH4.2H2/c1-19(33)42-29(2,3)9-6-11-31(36,17-25(34)38-5)28(35)41-27-24(37-4)16-30-10-7-12-32(30)13-8-20-14-22-23(40-18-39-22)15-21(20)26(27)30;1-27(2,33)8-5-10-29(34,16-23(31)36-4)26(32)39-25-22(35-3)15-28-9-6-11-30(28)12-7-18-13-20-21(38-17-37-20)14-19(18)24(25)28;1-3(5)7-4(2)6;;;/h14-16,26-27,36H,6-13,17-18H2,1-5H3;13-15,24-25,33-34H,5-12,16-17H2,1-4H3;1-2H3;1H4;2*1H/t26-,27-,30+,31-;24-,25-,28+,29-;;;;/m11..../s1/i;;;;1+2;. The lowest BCUT2D eigenvalue weighted by Crippen LogP contribution is -2.49. The third kappa shape index (κ3) is 15.3. The summed E-state index contributed by atoms with van der Waals surface area (Å²) in [7, 11) is 5.51. The Balaban J connectivity index is 0.000000291. The van der Waals surface area contributed by atoms with Crippen molar-refractivity contribution in [1.29, 1.82) is 0 Å². The molecular formula is C65H94N2O22. The van der Waals surface area contributed by atoms with E-state index in [0.717, 1.165) is 87.0 Å². The van der Waals surface area contributed by atoms with Crippen molar-refractivity contribution in [3.05, 3.63) is 70.2 Å². The number of aliphatic hydroxyl groups is 3. The Morgan fingerprint density at radius 1 is 0.584 bits per heavy atom. The number of rotatable bonds is 19. The largest absolute Gasteiger partial charge is 0.497 e. The minimum atomic E-state index is -2.16. The molecule has 8 aliphatic rings. The molecule has 2 aromatic rings. The summed E-state index contributed by atoms with van der Waals surface area (Å²) >= 11 is 0. The van der Waals surface area contributed by atoms with Crippen molar-refractivity contribution in [3.8, 4) is 23.0 Å². The van der Waals surface area contributed by atoms with E-state index in [-0.39, 0.29) is 55.0 Å². The fourth-order valence-corrected chi connectivity index (χ4v) is 14.0. The van der Waals surface area contributed by atoms with E-state index in [0.29, 0.717) is 53.8 Å². The van der Waals surface area contributed by atoms with Gasteiger partial charge in [-0.1, -0.05) is 7.43 Å². The Hall–Kier alpha value is -6.99. The molecule has 6 heterocycles. The summed E-state index contributed by atoms with van der Waals surface area (Å²) in [4.78, 5) is 88.2. The molecule has 0 unspecified atom stereocenters. The molecule has 24 heteroatoms. The number of esters is 7. The molecule has 10 rings (SSSR count). The highest BCUT2D eigenvalue weighted by atomic mass is 16.7. The molecule has 2 spiro atoms. The van der Waals surface area contributed by atoms with Crippen LogP contribution in [0.15, 0.2) is 47.9 Å². The second-order valence-corrected chi connectivity index (χ2v) is 25.1. The third-order valence-corrected chi connectivity index (χ3v) is 17.9. The molecule has 0 saturated carbocycles. The highest BCUT2D eigenvalue weighted by molar-refractivity contribution is 5.87. The van der Waals surface area contributed by atoms with Gasteiger partial charge in [-0.3, -0.25) is 33.8 Å². The van der Waals surface area contributed by atoms with Gasteiger partial charge in [0.15, 0.2) is 46.4 Å². The lowest BCUT2D eigenvalue weighted by molar-refractivity contribution is -0.179. The van der Waals surface area contributed by atoms with E-state index in [4.69, 9.17) is 52.1 Å². The number of nitrogens with zero attached hydrogens (tertiary/aromatic N) is 2. The van der Waals surface area contributed by atoms with E-state index >= 15 is 0 Å². The van der Waals surface area contributed by atoms with Crippen LogP contribution in [0.1, 0.15) is 170 Å². The number of benzene rings is 2. The van der Waals surface area contributed by atoms with Crippen LogP contribution in [-0.2, 0) is 84.3 Å². The van der Waals surface area contributed by atoms with E-state index in [2.05, 4.69) is 26.7 Å². The summed E-state index contributed by atoms with van der Waals surface area (Å²) < 4.78 is 65.6. The van der Waals surface area contributed by atoms with Crippen molar-refractivity contribution in [2.24, 2.45) is 0 Å². The van der Waals surface area contributed by atoms with Gasteiger partial charge in [0.05, 0.1) is 69.8 Å². The number of carbonyl (C=O) groups excluding carboxylic acids is 7. The molecule has 0 bridgehead atoms. The smallest absolute Gasteiger partial charge is 0.339 e. The minimum absolute atomic E-state index is 0. The normalized spacial score (nSPS) is 24.6. The van der Waals surface area contributed by atoms with Gasteiger partial charge in [-0.15, -0.1) is 0 Å². The third-order valence-electron chi connectivity index (χ3n) is 17.9. The molecule has 8 atom stereocenters. The molecule has 89 heavy (non-hydrogen) atoms. The number of ether oxygens (including phenoxy) is 12. The summed E-state index contributed by atoms with van der Waals surface area (Å²) in [5, 5.41) is 33.3. The molecule has 0 aromatic heterocycles. The van der Waals surface area contributed by atoms with Gasteiger partial charge in [-0.25, -0.2) is 9.59 Å². The van der Waals surface area contributed by atoms with Crippen molar-refractivity contribution in [2.45, 2.75) is 203 Å². The zero-order chi connectivity index (χ0) is 64.1. The Morgan fingerprint density at radius 3 is 1.33 bits per heavy atom. The van der Waals surface area contributed by atoms with Gasteiger partial charge in [-0.05, 0) is 177 Å². The maximum absolute atomic E-state index is 13.9. The van der Waals surface area contributed by atoms with Crippen LogP contribution in [0.2, 0.25) is 0 Å². The fraction of sp³-hybridized carbons (Fsp3) is 0.646. The highest BCUT2D eigenvalue weighted by Gasteiger charge is 2.61. The van der Waals surface area contributed by atoms with Crippen LogP contribution in [0.5, 0.6) is 23.0 Å². The predicted molar refractivity (Wildman–Crippen MR) is 321 cm³/mol. The van der Waals surface area contributed by atoms with Crippen molar-refractivity contribution in [1.82, 2.24) is 9.80 Å². The molecule has 0 amide bonds. The number of hydrogen-bond donors (Lipinski definition) is 3. The first kappa shape index (κ1) is 69.5. The topological polar surface area (TPSA) is 297 Å². The number of hydrogen-bond acceptors (Lipinski definition) is 24. The van der Waals surface area contributed by atoms with E-state index in [1.807, 2.05) is 24.3 Å². The summed E-state index contributed by atoms with van der Waals surface area (Å²) in [5.41, 5.74) is -2.76. The summed E-state index contributed by atoms with van der Waals surface area (Å²) in [6.45, 7) is 14.3. The molecule has 496 valence electrons. The first-order chi connectivity index (χ1) is 41.5. The van der Waals surface area contributed by atoms with Gasteiger partial charge in [-0.2, -0.15) is 0 Å². The Labute approximate surface area is 523 Å². The van der Waals surface area contributed by atoms with E-state index < -0.39 is 100 Å². The van der Waals surface area contributed by atoms with Gasteiger partial charge >= 0.3 is 41.8 Å². The van der Waals surface area contributed by atoms with Crippen LogP contribution in [0.25, 0.3) is 0 Å². The lowest BCUT2D eigenvalue weighted by atomic mass is 9.77. The van der Waals surface area contributed by atoms with E-state index in [1.54, 1.807) is 41.9 Å². The molecule has 2 aromatic carbocycles. The van der Waals surface area contributed by atoms with Gasteiger partial charge < -0.3 is 72.2 Å². The number of fused-ring (bicyclic) bond motifs is 6. The van der Waals surface area contributed by atoms with E-state index in [9.17, 15) is 48.9 Å². The summed E-state index contributed by atoms with van der Waals surface area (Å²) in [5.74, 6) is -1.77. The van der Waals surface area contributed by atoms with Gasteiger partial charge in [0.25, 0.3) is 0 Å². The second kappa shape index (κ2) is 28.0. The monoisotopic (exact) mass is 1260 g/mol. The second-order valence-electron chi connectivity index (χ2n) is 25.1. The molecule has 2 aliphatic carbocycles. The maximum Gasteiger partial charge on any atom is 0.339 e. The molecule has 24 nitrogen and oxygen atoms in total.